The highest BCUT2D eigenvalue weighted by Crippen LogP contribution is 2.36. The lowest BCUT2D eigenvalue weighted by atomic mass is 9.98. The molecule has 0 N–H and O–H groups in total. The van der Waals surface area contributed by atoms with E-state index < -0.39 is 47.9 Å². The summed E-state index contributed by atoms with van der Waals surface area (Å²) in [5.41, 5.74) is -1.83. The third kappa shape index (κ3) is 8.89. The van der Waals surface area contributed by atoms with Gasteiger partial charge in [-0.2, -0.15) is 26.3 Å². The molecule has 7 nitrogen and oxygen atoms in total. The Labute approximate surface area is 278 Å². The van der Waals surface area contributed by atoms with Crippen LogP contribution in [0, 0.1) is 5.92 Å². The molecule has 0 aromatic heterocycles. The van der Waals surface area contributed by atoms with Crippen molar-refractivity contribution in [1.82, 2.24) is 14.7 Å². The van der Waals surface area contributed by atoms with E-state index in [1.54, 1.807) is 12.1 Å². The number of rotatable bonds is 10. The Morgan fingerprint density at radius 1 is 0.857 bits per heavy atom. The van der Waals surface area contributed by atoms with Crippen molar-refractivity contribution in [2.24, 2.45) is 5.92 Å². The summed E-state index contributed by atoms with van der Waals surface area (Å²) in [6, 6.07) is 23.7. The number of piperazine rings is 1. The maximum Gasteiger partial charge on any atom is 0.416 e. The minimum Gasteiger partial charge on any atom is -0.444 e. The van der Waals surface area contributed by atoms with Gasteiger partial charge in [-0.05, 0) is 58.0 Å². The van der Waals surface area contributed by atoms with Gasteiger partial charge in [0.15, 0.2) is 0 Å². The first-order chi connectivity index (χ1) is 23.2. The van der Waals surface area contributed by atoms with Crippen LogP contribution in [0.2, 0.25) is 0 Å². The third-order valence-electron chi connectivity index (χ3n) is 8.30. The minimum absolute atomic E-state index is 0.00554. The molecule has 1 aliphatic rings. The number of hydrogen-bond acceptors (Lipinski definition) is 4. The average molecular weight is 686 g/mol. The molecule has 0 spiro atoms. The van der Waals surface area contributed by atoms with Gasteiger partial charge in [-0.1, -0.05) is 79.7 Å². The highest BCUT2D eigenvalue weighted by molar-refractivity contribution is 5.83. The minimum atomic E-state index is -5.08. The third-order valence-corrected chi connectivity index (χ3v) is 8.30. The summed E-state index contributed by atoms with van der Waals surface area (Å²) in [6.45, 7) is 0.673. The van der Waals surface area contributed by atoms with Gasteiger partial charge >= 0.3 is 18.4 Å². The summed E-state index contributed by atoms with van der Waals surface area (Å²) < 4.78 is 86.2. The fourth-order valence-electron chi connectivity index (χ4n) is 5.92. The summed E-state index contributed by atoms with van der Waals surface area (Å²) >= 11 is 0. The lowest BCUT2D eigenvalue weighted by Crippen LogP contribution is -2.63. The van der Waals surface area contributed by atoms with Gasteiger partial charge in [0.05, 0.1) is 17.7 Å². The van der Waals surface area contributed by atoms with Crippen LogP contribution < -0.4 is 0 Å². The summed E-state index contributed by atoms with van der Waals surface area (Å²) in [4.78, 5) is 42.8. The zero-order chi connectivity index (χ0) is 35.3. The molecule has 2 unspecified atom stereocenters. The number of alkyl halides is 6. The summed E-state index contributed by atoms with van der Waals surface area (Å²) in [7, 11) is 0. The number of benzene rings is 4. The topological polar surface area (TPSA) is 70.2 Å². The molecule has 5 rings (SSSR count). The molecule has 2 atom stereocenters. The largest absolute Gasteiger partial charge is 0.444 e. The smallest absolute Gasteiger partial charge is 0.416 e. The molecule has 0 aliphatic carbocycles. The number of hydrogen-bond donors (Lipinski definition) is 0. The fraction of sp³-hybridized carbons (Fsp3) is 0.306. The van der Waals surface area contributed by atoms with Crippen molar-refractivity contribution in [2.45, 2.75) is 45.0 Å². The standard InChI is InChI=1S/C36H33F6N3O4/c1-24(13-26-11-12-28-9-5-6-10-29(28)14-26)18-45(32-20-43(33(47)21-44(32)23-46)19-25-7-3-2-4-8-25)34(48)49-22-27-15-30(35(37,38)39)17-31(16-27)36(40,41)42/h2-12,14-17,23-24,32H,13,18-22H2,1H3. The van der Waals surface area contributed by atoms with Gasteiger partial charge in [-0.25, -0.2) is 4.79 Å². The van der Waals surface area contributed by atoms with E-state index in [9.17, 15) is 40.7 Å². The van der Waals surface area contributed by atoms with E-state index in [2.05, 4.69) is 0 Å². The van der Waals surface area contributed by atoms with Crippen LogP contribution in [0.3, 0.4) is 0 Å². The zero-order valence-electron chi connectivity index (χ0n) is 26.4. The number of nitrogens with zero attached hydrogens (tertiary/aromatic N) is 3. The van der Waals surface area contributed by atoms with E-state index in [0.717, 1.165) is 26.8 Å². The molecule has 1 saturated heterocycles. The number of halogens is 6. The van der Waals surface area contributed by atoms with Crippen LogP contribution in [0.1, 0.15) is 34.7 Å². The van der Waals surface area contributed by atoms with Crippen LogP contribution in [0.5, 0.6) is 0 Å². The van der Waals surface area contributed by atoms with Crippen LogP contribution in [0.25, 0.3) is 10.8 Å². The molecule has 3 amide bonds. The number of fused-ring (bicyclic) bond motifs is 1. The van der Waals surface area contributed by atoms with Crippen LogP contribution >= 0.6 is 0 Å². The van der Waals surface area contributed by atoms with E-state index in [-0.39, 0.29) is 44.1 Å². The van der Waals surface area contributed by atoms with Gasteiger partial charge in [0.25, 0.3) is 0 Å². The Balaban J connectivity index is 1.42. The molecule has 4 aromatic carbocycles. The summed E-state index contributed by atoms with van der Waals surface area (Å²) in [6.07, 6.45) is -11.3. The Morgan fingerprint density at radius 2 is 1.49 bits per heavy atom. The lowest BCUT2D eigenvalue weighted by molar-refractivity contribution is -0.149. The van der Waals surface area contributed by atoms with Crippen molar-refractivity contribution in [3.8, 4) is 0 Å². The first-order valence-electron chi connectivity index (χ1n) is 15.4. The van der Waals surface area contributed by atoms with Gasteiger partial charge in [0, 0.05) is 13.1 Å². The van der Waals surface area contributed by atoms with E-state index in [1.165, 1.54) is 9.80 Å². The molecule has 49 heavy (non-hydrogen) atoms. The highest BCUT2D eigenvalue weighted by Gasteiger charge is 2.40. The van der Waals surface area contributed by atoms with Gasteiger partial charge in [-0.3, -0.25) is 14.5 Å². The predicted molar refractivity (Wildman–Crippen MR) is 169 cm³/mol. The van der Waals surface area contributed by atoms with Gasteiger partial charge in [0.2, 0.25) is 12.3 Å². The molecular weight excluding hydrogens is 652 g/mol. The Hall–Kier alpha value is -5.07. The second-order valence-corrected chi connectivity index (χ2v) is 12.1. The second-order valence-electron chi connectivity index (χ2n) is 12.1. The lowest BCUT2D eigenvalue weighted by Gasteiger charge is -2.44. The first-order valence-corrected chi connectivity index (χ1v) is 15.4. The van der Waals surface area contributed by atoms with Gasteiger partial charge in [-0.15, -0.1) is 0 Å². The van der Waals surface area contributed by atoms with Crippen LogP contribution in [-0.4, -0.2) is 58.9 Å². The van der Waals surface area contributed by atoms with E-state index in [4.69, 9.17) is 4.74 Å². The molecule has 1 aliphatic heterocycles. The molecule has 1 heterocycles. The van der Waals surface area contributed by atoms with E-state index in [1.807, 2.05) is 67.6 Å². The normalized spacial score (nSPS) is 16.1. The summed E-state index contributed by atoms with van der Waals surface area (Å²) in [5.74, 6) is -0.624. The molecule has 4 aromatic rings. The van der Waals surface area contributed by atoms with Crippen molar-refractivity contribution < 1.29 is 45.5 Å². The molecule has 0 bridgehead atoms. The molecule has 13 heteroatoms. The second kappa shape index (κ2) is 14.6. The monoisotopic (exact) mass is 685 g/mol. The van der Waals surface area contributed by atoms with E-state index >= 15 is 0 Å². The van der Waals surface area contributed by atoms with Crippen molar-refractivity contribution in [3.05, 3.63) is 119 Å². The molecule has 1 fully saturated rings. The Bertz CT molecular complexity index is 1770. The summed E-state index contributed by atoms with van der Waals surface area (Å²) in [5, 5.41) is 2.05. The molecule has 258 valence electrons. The number of amides is 3. The molecule has 0 radical (unpaired) electrons. The molecular formula is C36H33F6N3O4. The van der Waals surface area contributed by atoms with Crippen molar-refractivity contribution >= 4 is 29.2 Å². The maximum absolute atomic E-state index is 13.8. The van der Waals surface area contributed by atoms with Crippen molar-refractivity contribution in [2.75, 3.05) is 19.6 Å². The Morgan fingerprint density at radius 3 is 2.12 bits per heavy atom. The maximum atomic E-state index is 13.8. The van der Waals surface area contributed by atoms with E-state index in [0.29, 0.717) is 25.0 Å². The number of carbonyl (C=O) groups excluding carboxylic acids is 3. The van der Waals surface area contributed by atoms with Crippen LogP contribution in [-0.2, 0) is 46.3 Å². The predicted octanol–water partition coefficient (Wildman–Crippen LogP) is 7.52. The highest BCUT2D eigenvalue weighted by atomic mass is 19.4. The first kappa shape index (κ1) is 35.2. The SMILES string of the molecule is CC(Cc1ccc2ccccc2c1)CN(C(=O)OCc1cc(C(F)(F)F)cc(C(F)(F)F)c1)C1CN(Cc2ccccc2)C(=O)CN1C=O. The van der Waals surface area contributed by atoms with Crippen molar-refractivity contribution in [3.63, 3.8) is 0 Å². The zero-order valence-corrected chi connectivity index (χ0v) is 26.4. The molecule has 0 saturated carbocycles. The van der Waals surface area contributed by atoms with Crippen molar-refractivity contribution in [1.29, 1.82) is 0 Å². The Kier molecular flexibility index (Phi) is 10.5. The number of ether oxygens (including phenoxy) is 1. The van der Waals surface area contributed by atoms with Crippen LogP contribution in [0.4, 0.5) is 31.1 Å². The fourth-order valence-corrected chi connectivity index (χ4v) is 5.92. The van der Waals surface area contributed by atoms with Crippen LogP contribution in [0.15, 0.2) is 91.0 Å². The van der Waals surface area contributed by atoms with Gasteiger partial charge < -0.3 is 14.5 Å². The van der Waals surface area contributed by atoms with Gasteiger partial charge in [0.1, 0.15) is 19.3 Å². The quantitative estimate of drug-likeness (QED) is 0.128. The average Bonchev–Trinajstić information content (AvgIpc) is 3.06. The number of carbonyl (C=O) groups is 3.